The average Bonchev–Trinajstić information content (AvgIpc) is 2.41. The third-order valence-corrected chi connectivity index (χ3v) is 5.23. The van der Waals surface area contributed by atoms with E-state index >= 15 is 0 Å². The number of rotatable bonds is 5. The lowest BCUT2D eigenvalue weighted by atomic mass is 9.72. The first-order valence-corrected chi connectivity index (χ1v) is 8.82. The minimum absolute atomic E-state index is 0.577. The molecule has 1 nitrogen and oxygen atoms in total. The predicted octanol–water partition coefficient (Wildman–Crippen LogP) is 5.24. The van der Waals surface area contributed by atoms with Gasteiger partial charge in [0.15, 0.2) is 0 Å². The zero-order chi connectivity index (χ0) is 15.4. The molecule has 118 valence electrons. The van der Waals surface area contributed by atoms with Crippen molar-refractivity contribution in [3.05, 3.63) is 34.3 Å². The van der Waals surface area contributed by atoms with Crippen molar-refractivity contribution < 1.29 is 0 Å². The Kier molecular flexibility index (Phi) is 6.13. The van der Waals surface area contributed by atoms with Gasteiger partial charge in [-0.2, -0.15) is 0 Å². The summed E-state index contributed by atoms with van der Waals surface area (Å²) in [6.45, 7) is 10.1. The molecule has 0 aromatic heterocycles. The number of aryl methyl sites for hydroxylation is 1. The Balaban J connectivity index is 2.05. The highest BCUT2D eigenvalue weighted by Crippen LogP contribution is 2.36. The Morgan fingerprint density at radius 1 is 1.24 bits per heavy atom. The zero-order valence-electron chi connectivity index (χ0n) is 14.0. The van der Waals surface area contributed by atoms with Crippen LogP contribution in [0.25, 0.3) is 0 Å². The zero-order valence-corrected chi connectivity index (χ0v) is 14.7. The van der Waals surface area contributed by atoms with Crippen molar-refractivity contribution in [2.75, 3.05) is 6.54 Å². The minimum atomic E-state index is 0.577. The lowest BCUT2D eigenvalue weighted by molar-refractivity contribution is 0.181. The maximum atomic E-state index is 6.44. The highest BCUT2D eigenvalue weighted by molar-refractivity contribution is 6.31. The van der Waals surface area contributed by atoms with Crippen LogP contribution in [0.1, 0.15) is 51.2 Å². The third kappa shape index (κ3) is 5.00. The summed E-state index contributed by atoms with van der Waals surface area (Å²) in [7, 11) is 0. The van der Waals surface area contributed by atoms with Crippen LogP contribution >= 0.6 is 11.6 Å². The molecular formula is C19H30ClN. The lowest BCUT2D eigenvalue weighted by Crippen LogP contribution is -2.36. The normalized spacial score (nSPS) is 26.3. The van der Waals surface area contributed by atoms with E-state index in [2.05, 4.69) is 51.2 Å². The molecule has 1 aromatic rings. The Hall–Kier alpha value is -0.530. The van der Waals surface area contributed by atoms with Gasteiger partial charge in [-0.1, -0.05) is 50.9 Å². The van der Waals surface area contributed by atoms with Crippen LogP contribution in [0.3, 0.4) is 0 Å². The average molecular weight is 308 g/mol. The van der Waals surface area contributed by atoms with Crippen molar-refractivity contribution in [3.8, 4) is 0 Å². The number of nitrogens with one attached hydrogen (secondary N) is 1. The van der Waals surface area contributed by atoms with Crippen LogP contribution in [0.5, 0.6) is 0 Å². The van der Waals surface area contributed by atoms with Crippen molar-refractivity contribution in [3.63, 3.8) is 0 Å². The Bertz CT molecular complexity index is 455. The summed E-state index contributed by atoms with van der Waals surface area (Å²) < 4.78 is 0. The van der Waals surface area contributed by atoms with Gasteiger partial charge in [0.25, 0.3) is 0 Å². The van der Waals surface area contributed by atoms with E-state index in [1.807, 2.05) is 0 Å². The molecule has 3 unspecified atom stereocenters. The molecule has 0 radical (unpaired) electrons. The van der Waals surface area contributed by atoms with Crippen molar-refractivity contribution in [1.82, 2.24) is 5.32 Å². The van der Waals surface area contributed by atoms with Gasteiger partial charge >= 0.3 is 0 Å². The fraction of sp³-hybridized carbons (Fsp3) is 0.684. The monoisotopic (exact) mass is 307 g/mol. The molecule has 1 aliphatic carbocycles. The summed E-state index contributed by atoms with van der Waals surface area (Å²) in [6.07, 6.45) is 5.21. The van der Waals surface area contributed by atoms with Crippen LogP contribution in [0.15, 0.2) is 18.2 Å². The molecule has 21 heavy (non-hydrogen) atoms. The van der Waals surface area contributed by atoms with Crippen molar-refractivity contribution in [2.45, 2.75) is 59.4 Å². The van der Waals surface area contributed by atoms with E-state index < -0.39 is 0 Å². The summed E-state index contributed by atoms with van der Waals surface area (Å²) >= 11 is 6.44. The maximum Gasteiger partial charge on any atom is 0.0440 e. The predicted molar refractivity (Wildman–Crippen MR) is 93.0 cm³/mol. The standard InChI is InChI=1S/C19H30ClN/c1-13(2)21-12-17-8-6-14(3)9-18(17)11-16-7-5-15(4)10-19(16)20/h5,7,10,13-14,17-18,21H,6,8-9,11-12H2,1-4H3. The number of hydrogen-bond donors (Lipinski definition) is 1. The van der Waals surface area contributed by atoms with Crippen LogP contribution in [-0.4, -0.2) is 12.6 Å². The first-order chi connectivity index (χ1) is 9.95. The van der Waals surface area contributed by atoms with Crippen LogP contribution in [0.2, 0.25) is 5.02 Å². The van der Waals surface area contributed by atoms with Crippen molar-refractivity contribution in [2.24, 2.45) is 17.8 Å². The van der Waals surface area contributed by atoms with Gasteiger partial charge in [-0.15, -0.1) is 0 Å². The van der Waals surface area contributed by atoms with Crippen LogP contribution in [0, 0.1) is 24.7 Å². The lowest BCUT2D eigenvalue weighted by Gasteiger charge is -2.36. The molecule has 1 saturated carbocycles. The molecule has 0 spiro atoms. The van der Waals surface area contributed by atoms with Gasteiger partial charge in [0.2, 0.25) is 0 Å². The smallest absolute Gasteiger partial charge is 0.0440 e. The maximum absolute atomic E-state index is 6.44. The molecule has 1 fully saturated rings. The van der Waals surface area contributed by atoms with E-state index in [1.165, 1.54) is 30.4 Å². The molecule has 0 amide bonds. The van der Waals surface area contributed by atoms with Crippen LogP contribution in [-0.2, 0) is 6.42 Å². The van der Waals surface area contributed by atoms with Gasteiger partial charge in [0.05, 0.1) is 0 Å². The summed E-state index contributed by atoms with van der Waals surface area (Å²) in [5, 5.41) is 4.58. The molecule has 3 atom stereocenters. The molecular weight excluding hydrogens is 278 g/mol. The minimum Gasteiger partial charge on any atom is -0.314 e. The topological polar surface area (TPSA) is 12.0 Å². The number of benzene rings is 1. The van der Waals surface area contributed by atoms with Gasteiger partial charge in [-0.25, -0.2) is 0 Å². The largest absolute Gasteiger partial charge is 0.314 e. The molecule has 1 aliphatic rings. The molecule has 2 heteroatoms. The molecule has 1 N–H and O–H groups in total. The molecule has 2 rings (SSSR count). The summed E-state index contributed by atoms with van der Waals surface area (Å²) in [5.74, 6) is 2.41. The van der Waals surface area contributed by atoms with Gasteiger partial charge in [-0.05, 0) is 67.7 Å². The summed E-state index contributed by atoms with van der Waals surface area (Å²) in [6, 6.07) is 7.09. The van der Waals surface area contributed by atoms with Crippen LogP contribution < -0.4 is 5.32 Å². The highest BCUT2D eigenvalue weighted by atomic mass is 35.5. The molecule has 1 aromatic carbocycles. The van der Waals surface area contributed by atoms with E-state index in [0.29, 0.717) is 6.04 Å². The fourth-order valence-electron chi connectivity index (χ4n) is 3.57. The number of hydrogen-bond acceptors (Lipinski definition) is 1. The van der Waals surface area contributed by atoms with Gasteiger partial charge in [-0.3, -0.25) is 0 Å². The Morgan fingerprint density at radius 3 is 2.67 bits per heavy atom. The summed E-state index contributed by atoms with van der Waals surface area (Å²) in [5.41, 5.74) is 2.58. The van der Waals surface area contributed by atoms with Crippen molar-refractivity contribution in [1.29, 1.82) is 0 Å². The van der Waals surface area contributed by atoms with E-state index in [0.717, 1.165) is 35.7 Å². The van der Waals surface area contributed by atoms with Crippen LogP contribution in [0.4, 0.5) is 0 Å². The van der Waals surface area contributed by atoms with Gasteiger partial charge in [0.1, 0.15) is 0 Å². The Labute approximate surface area is 135 Å². The third-order valence-electron chi connectivity index (χ3n) is 4.88. The SMILES string of the molecule is Cc1ccc(CC2CC(C)CCC2CNC(C)C)c(Cl)c1. The first-order valence-electron chi connectivity index (χ1n) is 8.44. The molecule has 0 heterocycles. The summed E-state index contributed by atoms with van der Waals surface area (Å²) in [4.78, 5) is 0. The number of halogens is 1. The van der Waals surface area contributed by atoms with Gasteiger partial charge in [0, 0.05) is 11.1 Å². The second kappa shape index (κ2) is 7.65. The molecule has 0 aliphatic heterocycles. The van der Waals surface area contributed by atoms with Gasteiger partial charge < -0.3 is 5.32 Å². The quantitative estimate of drug-likeness (QED) is 0.784. The van der Waals surface area contributed by atoms with E-state index in [-0.39, 0.29) is 0 Å². The first kappa shape index (κ1) is 16.8. The molecule has 0 saturated heterocycles. The molecule has 0 bridgehead atoms. The second-order valence-corrected chi connectivity index (χ2v) is 7.71. The van der Waals surface area contributed by atoms with Crippen molar-refractivity contribution >= 4 is 11.6 Å². The van der Waals surface area contributed by atoms with E-state index in [4.69, 9.17) is 11.6 Å². The fourth-order valence-corrected chi connectivity index (χ4v) is 3.88. The Morgan fingerprint density at radius 2 is 2.00 bits per heavy atom. The van der Waals surface area contributed by atoms with E-state index in [1.54, 1.807) is 0 Å². The second-order valence-electron chi connectivity index (χ2n) is 7.30. The highest BCUT2D eigenvalue weighted by Gasteiger charge is 2.29. The van der Waals surface area contributed by atoms with E-state index in [9.17, 15) is 0 Å².